The second-order valence-electron chi connectivity index (χ2n) is 10.9. The first kappa shape index (κ1) is 25.4. The molecule has 3 heterocycles. The maximum Gasteiger partial charge on any atom is 0.268 e. The van der Waals surface area contributed by atoms with Gasteiger partial charge in [0.2, 0.25) is 11.8 Å². The Morgan fingerprint density at radius 3 is 2.26 bits per heavy atom. The Bertz CT molecular complexity index is 1390. The molecule has 1 aliphatic carbocycles. The fraction of sp³-hybridized carbons (Fsp3) is 0.387. The van der Waals surface area contributed by atoms with E-state index in [1.165, 1.54) is 24.6 Å². The van der Waals surface area contributed by atoms with E-state index >= 15 is 0 Å². The number of rotatable bonds is 7. The van der Waals surface area contributed by atoms with Gasteiger partial charge in [-0.25, -0.2) is 0 Å². The van der Waals surface area contributed by atoms with E-state index in [0.717, 1.165) is 62.4 Å². The van der Waals surface area contributed by atoms with Crippen LogP contribution in [0.25, 0.3) is 0 Å². The van der Waals surface area contributed by atoms with E-state index in [4.69, 9.17) is 0 Å². The van der Waals surface area contributed by atoms with Crippen LogP contribution in [0.1, 0.15) is 66.3 Å². The zero-order chi connectivity index (χ0) is 27.0. The Kier molecular flexibility index (Phi) is 6.73. The molecule has 1 aromatic heterocycles. The summed E-state index contributed by atoms with van der Waals surface area (Å²) in [5, 5.41) is 5.83. The largest absolute Gasteiger partial charge is 0.347 e. The van der Waals surface area contributed by atoms with E-state index < -0.39 is 0 Å². The second kappa shape index (κ2) is 10.3. The number of benzene rings is 2. The number of carbonyl (C=O) groups is 3. The van der Waals surface area contributed by atoms with Crippen molar-refractivity contribution in [1.29, 1.82) is 0 Å². The van der Waals surface area contributed by atoms with Crippen LogP contribution in [0.5, 0.6) is 0 Å². The molecule has 8 heteroatoms. The van der Waals surface area contributed by atoms with Crippen molar-refractivity contribution >= 4 is 29.1 Å². The lowest BCUT2D eigenvalue weighted by Crippen LogP contribution is -2.56. The maximum absolute atomic E-state index is 13.2. The minimum Gasteiger partial charge on any atom is -0.347 e. The summed E-state index contributed by atoms with van der Waals surface area (Å²) in [6.07, 6.45) is 4.96. The molecular weight excluding hydrogens is 490 g/mol. The summed E-state index contributed by atoms with van der Waals surface area (Å²) in [6, 6.07) is 20.1. The highest BCUT2D eigenvalue weighted by molar-refractivity contribution is 5.95. The molecule has 3 amide bonds. The third-order valence-electron chi connectivity index (χ3n) is 8.49. The molecule has 2 fully saturated rings. The van der Waals surface area contributed by atoms with Gasteiger partial charge in [0.1, 0.15) is 5.69 Å². The standard InChI is InChI=1S/C31H35N5O3/c1-22(37)33-25-9-5-23(6-10-25)20-32-30(39)27-13-14-28-31(15-3-16-31)34(18-19-36(27)28)21-24-7-11-26(12-8-24)35-17-2-4-29(35)38/h5-14H,2-4,15-21H2,1H3,(H,32,39)(H,33,37). The van der Waals surface area contributed by atoms with Crippen molar-refractivity contribution in [3.63, 3.8) is 0 Å². The fourth-order valence-corrected chi connectivity index (χ4v) is 6.33. The predicted octanol–water partition coefficient (Wildman–Crippen LogP) is 4.40. The van der Waals surface area contributed by atoms with Gasteiger partial charge in [-0.05, 0) is 73.2 Å². The Hall–Kier alpha value is -3.91. The maximum atomic E-state index is 13.2. The molecule has 1 saturated heterocycles. The minimum absolute atomic E-state index is 0.0279. The first-order valence-corrected chi connectivity index (χ1v) is 13.9. The average Bonchev–Trinajstić information content (AvgIpc) is 3.53. The van der Waals surface area contributed by atoms with Crippen LogP contribution < -0.4 is 15.5 Å². The summed E-state index contributed by atoms with van der Waals surface area (Å²) in [5.74, 6) is 0.0415. The molecule has 0 radical (unpaired) electrons. The molecule has 8 nitrogen and oxygen atoms in total. The molecule has 3 aromatic rings. The van der Waals surface area contributed by atoms with Gasteiger partial charge in [0.15, 0.2) is 0 Å². The van der Waals surface area contributed by atoms with E-state index in [9.17, 15) is 14.4 Å². The van der Waals surface area contributed by atoms with Gasteiger partial charge in [-0.3, -0.25) is 19.3 Å². The van der Waals surface area contributed by atoms with Crippen molar-refractivity contribution in [3.05, 3.63) is 83.2 Å². The quantitative estimate of drug-likeness (QED) is 0.479. The number of nitrogens with one attached hydrogen (secondary N) is 2. The van der Waals surface area contributed by atoms with Crippen molar-refractivity contribution < 1.29 is 14.4 Å². The molecule has 2 aliphatic heterocycles. The third kappa shape index (κ3) is 4.85. The number of anilines is 2. The van der Waals surface area contributed by atoms with Crippen LogP contribution in [0.2, 0.25) is 0 Å². The third-order valence-corrected chi connectivity index (χ3v) is 8.49. The van der Waals surface area contributed by atoms with Crippen LogP contribution in [0.15, 0.2) is 60.7 Å². The Morgan fingerprint density at radius 2 is 1.62 bits per heavy atom. The number of aromatic nitrogens is 1. The van der Waals surface area contributed by atoms with E-state index in [1.54, 1.807) is 0 Å². The van der Waals surface area contributed by atoms with Crippen molar-refractivity contribution in [2.75, 3.05) is 23.3 Å². The average molecular weight is 526 g/mol. The highest BCUT2D eigenvalue weighted by atomic mass is 16.2. The van der Waals surface area contributed by atoms with Gasteiger partial charge in [0, 0.05) is 63.1 Å². The van der Waals surface area contributed by atoms with Crippen molar-refractivity contribution in [2.24, 2.45) is 0 Å². The van der Waals surface area contributed by atoms with Gasteiger partial charge in [0.25, 0.3) is 5.91 Å². The summed E-state index contributed by atoms with van der Waals surface area (Å²) in [7, 11) is 0. The van der Waals surface area contributed by atoms with E-state index in [2.05, 4.69) is 50.4 Å². The normalized spacial score (nSPS) is 18.1. The molecule has 0 unspecified atom stereocenters. The zero-order valence-electron chi connectivity index (χ0n) is 22.4. The molecule has 202 valence electrons. The molecule has 39 heavy (non-hydrogen) atoms. The molecule has 0 atom stereocenters. The summed E-state index contributed by atoms with van der Waals surface area (Å²) in [5.41, 5.74) is 5.89. The lowest BCUT2D eigenvalue weighted by molar-refractivity contribution is -0.117. The SMILES string of the molecule is CC(=O)Nc1ccc(CNC(=O)c2ccc3n2CCN(Cc2ccc(N4CCCC4=O)cc2)C32CCC2)cc1. The van der Waals surface area contributed by atoms with E-state index in [0.29, 0.717) is 18.7 Å². The molecule has 3 aliphatic rings. The number of hydrogen-bond donors (Lipinski definition) is 2. The van der Waals surface area contributed by atoms with Crippen molar-refractivity contribution in [2.45, 2.75) is 64.2 Å². The molecule has 2 aromatic carbocycles. The van der Waals surface area contributed by atoms with Crippen molar-refractivity contribution in [3.8, 4) is 0 Å². The molecule has 6 rings (SSSR count). The number of nitrogens with zero attached hydrogens (tertiary/aromatic N) is 3. The minimum atomic E-state index is -0.107. The van der Waals surface area contributed by atoms with Crippen LogP contribution in [0.3, 0.4) is 0 Å². The molecule has 1 spiro atoms. The molecule has 1 saturated carbocycles. The van der Waals surface area contributed by atoms with Gasteiger partial charge in [-0.2, -0.15) is 0 Å². The first-order chi connectivity index (χ1) is 18.9. The smallest absolute Gasteiger partial charge is 0.268 e. The van der Waals surface area contributed by atoms with Crippen LogP contribution in [0, 0.1) is 0 Å². The Morgan fingerprint density at radius 1 is 0.872 bits per heavy atom. The van der Waals surface area contributed by atoms with Gasteiger partial charge in [0.05, 0.1) is 5.54 Å². The summed E-state index contributed by atoms with van der Waals surface area (Å²) in [4.78, 5) is 41.0. The van der Waals surface area contributed by atoms with E-state index in [-0.39, 0.29) is 23.3 Å². The fourth-order valence-electron chi connectivity index (χ4n) is 6.33. The zero-order valence-corrected chi connectivity index (χ0v) is 22.4. The highest BCUT2D eigenvalue weighted by Gasteiger charge is 2.48. The number of fused-ring (bicyclic) bond motifs is 2. The van der Waals surface area contributed by atoms with Crippen LogP contribution >= 0.6 is 0 Å². The molecular formula is C31H35N5O3. The van der Waals surface area contributed by atoms with Crippen LogP contribution in [-0.2, 0) is 34.8 Å². The lowest BCUT2D eigenvalue weighted by Gasteiger charge is -2.53. The second-order valence-corrected chi connectivity index (χ2v) is 10.9. The first-order valence-electron chi connectivity index (χ1n) is 13.9. The van der Waals surface area contributed by atoms with Crippen LogP contribution in [-0.4, -0.2) is 40.3 Å². The van der Waals surface area contributed by atoms with E-state index in [1.807, 2.05) is 35.2 Å². The highest BCUT2D eigenvalue weighted by Crippen LogP contribution is 2.49. The van der Waals surface area contributed by atoms with Gasteiger partial charge >= 0.3 is 0 Å². The number of hydrogen-bond acceptors (Lipinski definition) is 4. The molecule has 2 N–H and O–H groups in total. The van der Waals surface area contributed by atoms with Crippen LogP contribution in [0.4, 0.5) is 11.4 Å². The summed E-state index contributed by atoms with van der Waals surface area (Å²) < 4.78 is 2.22. The van der Waals surface area contributed by atoms with Gasteiger partial charge < -0.3 is 20.1 Å². The molecule has 0 bridgehead atoms. The summed E-state index contributed by atoms with van der Waals surface area (Å²) >= 11 is 0. The monoisotopic (exact) mass is 525 g/mol. The van der Waals surface area contributed by atoms with Gasteiger partial charge in [-0.15, -0.1) is 0 Å². The predicted molar refractivity (Wildman–Crippen MR) is 150 cm³/mol. The number of amides is 3. The Labute approximate surface area is 229 Å². The topological polar surface area (TPSA) is 86.7 Å². The number of carbonyl (C=O) groups excluding carboxylic acids is 3. The summed E-state index contributed by atoms with van der Waals surface area (Å²) in [6.45, 7) is 5.24. The Balaban J connectivity index is 1.13. The lowest BCUT2D eigenvalue weighted by atomic mass is 9.71. The van der Waals surface area contributed by atoms with Crippen molar-refractivity contribution in [1.82, 2.24) is 14.8 Å². The van der Waals surface area contributed by atoms with Gasteiger partial charge in [-0.1, -0.05) is 24.3 Å².